The summed E-state index contributed by atoms with van der Waals surface area (Å²) in [4.78, 5) is 13.6. The van der Waals surface area contributed by atoms with E-state index in [9.17, 15) is 0 Å². The third-order valence-electron chi connectivity index (χ3n) is 15.7. The van der Waals surface area contributed by atoms with Gasteiger partial charge in [-0.3, -0.25) is 0 Å². The Morgan fingerprint density at radius 1 is 0.329 bits per heavy atom. The number of hydrogen-bond acceptors (Lipinski definition) is 3. The summed E-state index contributed by atoms with van der Waals surface area (Å²) in [6, 6.07) is 82.1. The summed E-state index contributed by atoms with van der Waals surface area (Å²) in [5.74, 6) is 0.177. The fourth-order valence-corrected chi connectivity index (χ4v) is 12.4. The molecule has 0 N–H and O–H groups in total. The van der Waals surface area contributed by atoms with Crippen LogP contribution in [0.2, 0.25) is 0 Å². The number of allylic oxidation sites excluding steroid dienone is 2. The molecule has 16 rings (SSSR count). The number of para-hydroxylation sites is 5. The molecule has 340 valence electrons. The van der Waals surface area contributed by atoms with E-state index in [1.54, 1.807) is 0 Å². The van der Waals surface area contributed by atoms with Gasteiger partial charge >= 0.3 is 0 Å². The predicted molar refractivity (Wildman–Crippen MR) is 305 cm³/mol. The number of hydrogen-bond donors (Lipinski definition) is 0. The van der Waals surface area contributed by atoms with Gasteiger partial charge in [0.25, 0.3) is 0 Å². The monoisotopic (exact) mass is 929 g/mol. The molecule has 3 aromatic heterocycles. The van der Waals surface area contributed by atoms with Crippen LogP contribution < -0.4 is 4.90 Å². The van der Waals surface area contributed by atoms with Gasteiger partial charge in [0.1, 0.15) is 0 Å². The summed E-state index contributed by atoms with van der Waals surface area (Å²) in [7, 11) is 0. The summed E-state index contributed by atoms with van der Waals surface area (Å²) in [5.41, 5.74) is 16.1. The van der Waals surface area contributed by atoms with E-state index in [-0.39, 0.29) is 12.0 Å². The van der Waals surface area contributed by atoms with Crippen molar-refractivity contribution in [2.75, 3.05) is 4.90 Å². The zero-order chi connectivity index (χ0) is 47.7. The minimum absolute atomic E-state index is 0.0741. The molecule has 0 bridgehead atoms. The molecule has 11 aromatic carbocycles. The van der Waals surface area contributed by atoms with Crippen molar-refractivity contribution in [3.63, 3.8) is 0 Å². The highest BCUT2D eigenvalue weighted by Crippen LogP contribution is 2.52. The second kappa shape index (κ2) is 15.5. The van der Waals surface area contributed by atoms with E-state index in [2.05, 4.69) is 263 Å². The Morgan fingerprint density at radius 3 is 1.73 bits per heavy atom. The van der Waals surface area contributed by atoms with Crippen LogP contribution in [0.3, 0.4) is 0 Å². The fourth-order valence-electron chi connectivity index (χ4n) is 12.4. The molecular formula is C68H43N5. The predicted octanol–water partition coefficient (Wildman–Crippen LogP) is 17.3. The highest BCUT2D eigenvalue weighted by Gasteiger charge is 2.39. The molecule has 1 aliphatic carbocycles. The summed E-state index contributed by atoms with van der Waals surface area (Å²) in [5, 5.41) is 12.2. The lowest BCUT2D eigenvalue weighted by molar-refractivity contribution is 0.746. The van der Waals surface area contributed by atoms with Crippen LogP contribution in [0.4, 0.5) is 11.4 Å². The Hall–Kier alpha value is -9.58. The fraction of sp³-hybridized carbons (Fsp3) is 0.0294. The van der Waals surface area contributed by atoms with Crippen LogP contribution in [0.5, 0.6) is 0 Å². The Labute approximate surface area is 420 Å². The maximum absolute atomic E-state index is 5.55. The standard InChI is InChI=1S/C68H43N5/c1-2-19-49(20-3-1)71-60-27-13-8-22-52(60)55-33-31-46(39-64(55)71)67-68(70-59-26-12-11-25-58(59)69-67)48-34-45-18-6-7-21-51(45)63(41-48)73-62-29-15-10-24-54(62)57-37-44-30-32-50(35-47(44)40-66(57)73)72-61-28-14-9-23-53(61)56-36-42-16-4-5-17-43(42)38-65(56)72/h1-41,54,62H. The average molecular weight is 930 g/mol. The van der Waals surface area contributed by atoms with Crippen molar-refractivity contribution in [3.8, 4) is 33.9 Å². The van der Waals surface area contributed by atoms with Crippen LogP contribution in [-0.4, -0.2) is 25.1 Å². The van der Waals surface area contributed by atoms with Gasteiger partial charge in [0.2, 0.25) is 0 Å². The Kier molecular flexibility index (Phi) is 8.51. The second-order valence-electron chi connectivity index (χ2n) is 19.7. The number of nitrogens with zero attached hydrogens (tertiary/aromatic N) is 5. The zero-order valence-electron chi connectivity index (χ0n) is 39.6. The summed E-state index contributed by atoms with van der Waals surface area (Å²) >= 11 is 0. The molecule has 14 aromatic rings. The normalized spacial score (nSPS) is 15.3. The van der Waals surface area contributed by atoms with E-state index in [4.69, 9.17) is 9.97 Å². The Bertz CT molecular complexity index is 4710. The lowest BCUT2D eigenvalue weighted by atomic mass is 9.90. The highest BCUT2D eigenvalue weighted by molar-refractivity contribution is 6.14. The Morgan fingerprint density at radius 2 is 0.932 bits per heavy atom. The maximum atomic E-state index is 5.55. The molecule has 0 fully saturated rings. The van der Waals surface area contributed by atoms with Crippen molar-refractivity contribution in [1.29, 1.82) is 0 Å². The van der Waals surface area contributed by atoms with Crippen molar-refractivity contribution in [2.24, 2.45) is 0 Å². The van der Waals surface area contributed by atoms with Crippen LogP contribution >= 0.6 is 0 Å². The molecule has 1 aliphatic heterocycles. The smallest absolute Gasteiger partial charge is 0.0974 e. The molecule has 2 atom stereocenters. The molecule has 4 heterocycles. The molecule has 73 heavy (non-hydrogen) atoms. The first-order valence-electron chi connectivity index (χ1n) is 25.2. The first-order chi connectivity index (χ1) is 36.2. The maximum Gasteiger partial charge on any atom is 0.0974 e. The number of aromatic nitrogens is 4. The van der Waals surface area contributed by atoms with Crippen LogP contribution in [-0.2, 0) is 0 Å². The minimum Gasteiger partial charge on any atom is -0.333 e. The number of fused-ring (bicyclic) bond motifs is 13. The molecule has 0 saturated carbocycles. The third-order valence-corrected chi connectivity index (χ3v) is 15.7. The van der Waals surface area contributed by atoms with E-state index >= 15 is 0 Å². The van der Waals surface area contributed by atoms with E-state index in [0.29, 0.717) is 0 Å². The van der Waals surface area contributed by atoms with Gasteiger partial charge in [-0.15, -0.1) is 0 Å². The minimum atomic E-state index is 0.0741. The molecule has 5 heteroatoms. The van der Waals surface area contributed by atoms with Gasteiger partial charge in [0.05, 0.1) is 56.2 Å². The largest absolute Gasteiger partial charge is 0.333 e. The van der Waals surface area contributed by atoms with Crippen molar-refractivity contribution >= 4 is 98.3 Å². The Balaban J connectivity index is 0.903. The second-order valence-corrected chi connectivity index (χ2v) is 19.7. The molecular weight excluding hydrogens is 887 g/mol. The van der Waals surface area contributed by atoms with Gasteiger partial charge in [-0.1, -0.05) is 158 Å². The summed E-state index contributed by atoms with van der Waals surface area (Å²) in [6.45, 7) is 0. The average Bonchev–Trinajstić information content (AvgIpc) is 4.08. The van der Waals surface area contributed by atoms with Gasteiger partial charge in [-0.2, -0.15) is 0 Å². The highest BCUT2D eigenvalue weighted by atomic mass is 15.2. The topological polar surface area (TPSA) is 38.9 Å². The van der Waals surface area contributed by atoms with Crippen molar-refractivity contribution in [2.45, 2.75) is 12.0 Å². The van der Waals surface area contributed by atoms with E-state index in [0.717, 1.165) is 61.5 Å². The van der Waals surface area contributed by atoms with Crippen LogP contribution in [0.25, 0.3) is 121 Å². The molecule has 2 aliphatic rings. The first kappa shape index (κ1) is 40.2. The van der Waals surface area contributed by atoms with Crippen molar-refractivity contribution < 1.29 is 0 Å². The van der Waals surface area contributed by atoms with E-state index in [1.165, 1.54) is 76.3 Å². The van der Waals surface area contributed by atoms with Gasteiger partial charge in [0.15, 0.2) is 0 Å². The van der Waals surface area contributed by atoms with Crippen LogP contribution in [0, 0.1) is 0 Å². The molecule has 2 unspecified atom stereocenters. The third kappa shape index (κ3) is 6.03. The van der Waals surface area contributed by atoms with Crippen molar-refractivity contribution in [1.82, 2.24) is 19.1 Å². The van der Waals surface area contributed by atoms with Crippen molar-refractivity contribution in [3.05, 3.63) is 254 Å². The van der Waals surface area contributed by atoms with Gasteiger partial charge in [-0.05, 0) is 123 Å². The summed E-state index contributed by atoms with van der Waals surface area (Å²) in [6.07, 6.45) is 9.20. The lowest BCUT2D eigenvalue weighted by Crippen LogP contribution is -2.28. The number of benzene rings is 11. The van der Waals surface area contributed by atoms with Crippen LogP contribution in [0.1, 0.15) is 11.5 Å². The molecule has 0 amide bonds. The molecule has 0 saturated heterocycles. The SMILES string of the molecule is C1=CC2c3cc4ccc(-n5c6ccccc6c6cc7ccccc7cc65)cc4cc3N(c3cc(-c4nc5ccccc5nc4-c4ccc5c6ccccc6n(-c6ccccc6)c5c4)cc4ccccc34)C2C=C1. The lowest BCUT2D eigenvalue weighted by Gasteiger charge is -2.30. The van der Waals surface area contributed by atoms with E-state index < -0.39 is 0 Å². The summed E-state index contributed by atoms with van der Waals surface area (Å²) < 4.78 is 4.83. The van der Waals surface area contributed by atoms with Gasteiger partial charge in [-0.25, -0.2) is 9.97 Å². The molecule has 5 nitrogen and oxygen atoms in total. The quantitative estimate of drug-likeness (QED) is 0.173. The van der Waals surface area contributed by atoms with Gasteiger partial charge < -0.3 is 14.0 Å². The zero-order valence-corrected chi connectivity index (χ0v) is 39.6. The van der Waals surface area contributed by atoms with E-state index in [1.807, 2.05) is 0 Å². The number of rotatable bonds is 5. The number of anilines is 2. The molecule has 0 spiro atoms. The van der Waals surface area contributed by atoms with Crippen LogP contribution in [0.15, 0.2) is 249 Å². The van der Waals surface area contributed by atoms with Gasteiger partial charge in [0, 0.05) is 61.0 Å². The first-order valence-corrected chi connectivity index (χ1v) is 25.2. The molecule has 0 radical (unpaired) electrons.